The molecule has 0 bridgehead atoms. The molecule has 0 atom stereocenters. The molecule has 7 heteroatoms. The number of ether oxygens (including phenoxy) is 2. The van der Waals surface area contributed by atoms with E-state index in [1.165, 1.54) is 0 Å². The average Bonchev–Trinajstić information content (AvgIpc) is 2.38. The number of methoxy groups -OCH3 is 1. The molecule has 0 amide bonds. The summed E-state index contributed by atoms with van der Waals surface area (Å²) in [6.07, 6.45) is 0. The van der Waals surface area contributed by atoms with Crippen molar-refractivity contribution in [3.05, 3.63) is 42.2 Å². The lowest BCUT2D eigenvalue weighted by molar-refractivity contribution is 0.395. The number of hydrogen-bond donors (Lipinski definition) is 1. The number of phenols is 1. The summed E-state index contributed by atoms with van der Waals surface area (Å²) in [6.45, 7) is 0. The van der Waals surface area contributed by atoms with Gasteiger partial charge in [-0.3, -0.25) is 0 Å². The van der Waals surface area contributed by atoms with E-state index in [0.29, 0.717) is 21.7 Å². The van der Waals surface area contributed by atoms with E-state index in [9.17, 15) is 5.11 Å². The van der Waals surface area contributed by atoms with Crippen LogP contribution < -0.4 is 9.47 Å². The smallest absolute Gasteiger partial charge is 0.183 e. The van der Waals surface area contributed by atoms with E-state index in [-0.39, 0.29) is 5.75 Å². The van der Waals surface area contributed by atoms with Crippen LogP contribution in [0.4, 0.5) is 0 Å². The van der Waals surface area contributed by atoms with Crippen molar-refractivity contribution in [3.63, 3.8) is 0 Å². The van der Waals surface area contributed by atoms with Crippen LogP contribution in [-0.4, -0.2) is 12.2 Å². The third-order valence-electron chi connectivity index (χ3n) is 2.40. The third kappa shape index (κ3) is 3.50. The number of aromatic hydroxyl groups is 1. The molecule has 3 nitrogen and oxygen atoms in total. The first-order valence-electron chi connectivity index (χ1n) is 5.31. The van der Waals surface area contributed by atoms with Crippen molar-refractivity contribution in [2.75, 3.05) is 7.11 Å². The van der Waals surface area contributed by atoms with Gasteiger partial charge >= 0.3 is 0 Å². The standard InChI is InChI=1S/C13H8Br4O3/c1-19-7-4-8(15)12(17)11(5-7)20-13-9(16)2-6(14)3-10(13)18/h2-5,18H,1H3. The van der Waals surface area contributed by atoms with Crippen LogP contribution in [0.3, 0.4) is 0 Å². The third-order valence-corrected chi connectivity index (χ3v) is 5.43. The Kier molecular flexibility index (Phi) is 5.39. The van der Waals surface area contributed by atoms with Crippen molar-refractivity contribution >= 4 is 63.7 Å². The number of halogens is 4. The number of hydrogen-bond acceptors (Lipinski definition) is 3. The molecule has 0 aromatic heterocycles. The Labute approximate surface area is 149 Å². The van der Waals surface area contributed by atoms with E-state index >= 15 is 0 Å². The minimum Gasteiger partial charge on any atom is -0.504 e. The van der Waals surface area contributed by atoms with Crippen LogP contribution in [0, 0.1) is 0 Å². The van der Waals surface area contributed by atoms with Gasteiger partial charge in [0.25, 0.3) is 0 Å². The van der Waals surface area contributed by atoms with E-state index in [0.717, 1.165) is 13.4 Å². The Balaban J connectivity index is 2.47. The van der Waals surface area contributed by atoms with Gasteiger partial charge in [0.1, 0.15) is 11.5 Å². The van der Waals surface area contributed by atoms with Crippen molar-refractivity contribution < 1.29 is 14.6 Å². The topological polar surface area (TPSA) is 38.7 Å². The second kappa shape index (κ2) is 6.68. The summed E-state index contributed by atoms with van der Waals surface area (Å²) < 4.78 is 13.9. The van der Waals surface area contributed by atoms with Gasteiger partial charge in [-0.2, -0.15) is 0 Å². The molecule has 0 unspecified atom stereocenters. The molecule has 0 aliphatic rings. The molecule has 0 aliphatic heterocycles. The van der Waals surface area contributed by atoms with Crippen LogP contribution >= 0.6 is 63.7 Å². The molecule has 0 radical (unpaired) electrons. The SMILES string of the molecule is COc1cc(Br)c(Br)c(Oc2c(O)cc(Br)cc2Br)c1. The first-order valence-corrected chi connectivity index (χ1v) is 8.48. The Hall–Kier alpha value is -0.240. The van der Waals surface area contributed by atoms with Gasteiger partial charge in [-0.1, -0.05) is 15.9 Å². The largest absolute Gasteiger partial charge is 0.504 e. The maximum atomic E-state index is 9.98. The lowest BCUT2D eigenvalue weighted by atomic mass is 10.3. The number of rotatable bonds is 3. The Morgan fingerprint density at radius 3 is 2.25 bits per heavy atom. The summed E-state index contributed by atoms with van der Waals surface area (Å²) in [5.41, 5.74) is 0. The normalized spacial score (nSPS) is 10.4. The first kappa shape index (κ1) is 16.1. The molecule has 0 fully saturated rings. The Morgan fingerprint density at radius 2 is 1.65 bits per heavy atom. The highest BCUT2D eigenvalue weighted by Crippen LogP contribution is 2.44. The average molecular weight is 532 g/mol. The summed E-state index contributed by atoms with van der Waals surface area (Å²) in [4.78, 5) is 0. The van der Waals surface area contributed by atoms with Gasteiger partial charge in [0.15, 0.2) is 11.5 Å². The maximum absolute atomic E-state index is 9.98. The van der Waals surface area contributed by atoms with E-state index in [4.69, 9.17) is 9.47 Å². The van der Waals surface area contributed by atoms with Crippen LogP contribution in [0.15, 0.2) is 42.2 Å². The molecule has 2 rings (SSSR count). The molecule has 0 aliphatic carbocycles. The van der Waals surface area contributed by atoms with E-state index in [1.54, 1.807) is 25.3 Å². The van der Waals surface area contributed by atoms with Gasteiger partial charge in [0, 0.05) is 15.0 Å². The molecule has 0 saturated heterocycles. The molecular formula is C13H8Br4O3. The molecule has 106 valence electrons. The fourth-order valence-corrected chi connectivity index (χ4v) is 3.50. The molecule has 2 aromatic rings. The van der Waals surface area contributed by atoms with Crippen molar-refractivity contribution in [1.82, 2.24) is 0 Å². The summed E-state index contributed by atoms with van der Waals surface area (Å²) in [5, 5.41) is 9.98. The quantitative estimate of drug-likeness (QED) is 0.509. The van der Waals surface area contributed by atoms with Crippen molar-refractivity contribution in [3.8, 4) is 23.0 Å². The van der Waals surface area contributed by atoms with Gasteiger partial charge in [0.2, 0.25) is 0 Å². The minimum absolute atomic E-state index is 0.0251. The first-order chi connectivity index (χ1) is 9.42. The summed E-state index contributed by atoms with van der Waals surface area (Å²) in [5.74, 6) is 1.52. The van der Waals surface area contributed by atoms with Crippen molar-refractivity contribution in [1.29, 1.82) is 0 Å². The maximum Gasteiger partial charge on any atom is 0.183 e. The highest BCUT2D eigenvalue weighted by Gasteiger charge is 2.15. The zero-order chi connectivity index (χ0) is 14.9. The predicted octanol–water partition coefficient (Wildman–Crippen LogP) is 6.24. The van der Waals surface area contributed by atoms with E-state index in [1.807, 2.05) is 6.07 Å². The van der Waals surface area contributed by atoms with Crippen LogP contribution in [-0.2, 0) is 0 Å². The van der Waals surface area contributed by atoms with E-state index in [2.05, 4.69) is 63.7 Å². The fourth-order valence-electron chi connectivity index (χ4n) is 1.49. The number of phenolic OH excluding ortho intramolecular Hbond substituents is 1. The molecule has 0 spiro atoms. The second-order valence-corrected chi connectivity index (χ2v) is 7.18. The molecule has 20 heavy (non-hydrogen) atoms. The summed E-state index contributed by atoms with van der Waals surface area (Å²) >= 11 is 13.5. The summed E-state index contributed by atoms with van der Waals surface area (Å²) in [7, 11) is 1.58. The monoisotopic (exact) mass is 528 g/mol. The highest BCUT2D eigenvalue weighted by atomic mass is 79.9. The Morgan fingerprint density at radius 1 is 0.950 bits per heavy atom. The molecule has 0 saturated carbocycles. The van der Waals surface area contributed by atoms with E-state index < -0.39 is 0 Å². The fraction of sp³-hybridized carbons (Fsp3) is 0.0769. The van der Waals surface area contributed by atoms with Gasteiger partial charge < -0.3 is 14.6 Å². The Bertz CT molecular complexity index is 635. The zero-order valence-electron chi connectivity index (χ0n) is 10.1. The van der Waals surface area contributed by atoms with Gasteiger partial charge in [-0.15, -0.1) is 0 Å². The minimum atomic E-state index is 0.0251. The molecular weight excluding hydrogens is 524 g/mol. The number of benzene rings is 2. The van der Waals surface area contributed by atoms with Crippen LogP contribution in [0.5, 0.6) is 23.0 Å². The predicted molar refractivity (Wildman–Crippen MR) is 92.0 cm³/mol. The van der Waals surface area contributed by atoms with Gasteiger partial charge in [-0.25, -0.2) is 0 Å². The molecule has 1 N–H and O–H groups in total. The lowest BCUT2D eigenvalue weighted by Crippen LogP contribution is -1.91. The van der Waals surface area contributed by atoms with Crippen molar-refractivity contribution in [2.24, 2.45) is 0 Å². The van der Waals surface area contributed by atoms with Crippen molar-refractivity contribution in [2.45, 2.75) is 0 Å². The molecule has 0 heterocycles. The van der Waals surface area contributed by atoms with Crippen LogP contribution in [0.2, 0.25) is 0 Å². The van der Waals surface area contributed by atoms with Gasteiger partial charge in [-0.05, 0) is 66.0 Å². The van der Waals surface area contributed by atoms with Gasteiger partial charge in [0.05, 0.1) is 16.1 Å². The van der Waals surface area contributed by atoms with Crippen LogP contribution in [0.25, 0.3) is 0 Å². The molecule has 2 aromatic carbocycles. The zero-order valence-corrected chi connectivity index (χ0v) is 16.4. The second-order valence-electron chi connectivity index (χ2n) is 3.76. The summed E-state index contributed by atoms with van der Waals surface area (Å²) in [6, 6.07) is 6.89. The lowest BCUT2D eigenvalue weighted by Gasteiger charge is -2.13. The highest BCUT2D eigenvalue weighted by molar-refractivity contribution is 9.13. The van der Waals surface area contributed by atoms with Crippen LogP contribution in [0.1, 0.15) is 0 Å².